The summed E-state index contributed by atoms with van der Waals surface area (Å²) in [5.41, 5.74) is 1.20. The standard InChI is InChI=1S/C17H24N2O3/c1-22-16-6-2-4-13(11-16)5-3-9-18-17(21)19-15-8-7-14(10-15)12-20/h2,4,6-8,11,14-15,20H,3,5,9-10,12H2,1H3,(H2,18,19,21)/t14-,15+/m0/s1. The summed E-state index contributed by atoms with van der Waals surface area (Å²) in [5.74, 6) is 1.02. The van der Waals surface area contributed by atoms with Gasteiger partial charge in [0.1, 0.15) is 5.75 Å². The highest BCUT2D eigenvalue weighted by atomic mass is 16.5. The van der Waals surface area contributed by atoms with Gasteiger partial charge < -0.3 is 20.5 Å². The number of amides is 2. The van der Waals surface area contributed by atoms with E-state index in [1.807, 2.05) is 30.4 Å². The zero-order chi connectivity index (χ0) is 15.8. The van der Waals surface area contributed by atoms with Crippen LogP contribution < -0.4 is 15.4 Å². The fourth-order valence-corrected chi connectivity index (χ4v) is 2.56. The van der Waals surface area contributed by atoms with Gasteiger partial charge in [0, 0.05) is 25.1 Å². The van der Waals surface area contributed by atoms with Gasteiger partial charge in [0.25, 0.3) is 0 Å². The molecule has 0 aliphatic heterocycles. The maximum Gasteiger partial charge on any atom is 0.315 e. The van der Waals surface area contributed by atoms with Crippen LogP contribution in [0.2, 0.25) is 0 Å². The molecule has 1 aromatic rings. The molecule has 0 fully saturated rings. The lowest BCUT2D eigenvalue weighted by atomic mass is 10.1. The monoisotopic (exact) mass is 304 g/mol. The van der Waals surface area contributed by atoms with Gasteiger partial charge >= 0.3 is 6.03 Å². The summed E-state index contributed by atoms with van der Waals surface area (Å²) in [6.07, 6.45) is 6.44. The first kappa shape index (κ1) is 16.4. The topological polar surface area (TPSA) is 70.6 Å². The number of urea groups is 1. The minimum absolute atomic E-state index is 0.0236. The van der Waals surface area contributed by atoms with Crippen molar-refractivity contribution in [3.05, 3.63) is 42.0 Å². The number of rotatable bonds is 7. The van der Waals surface area contributed by atoms with E-state index in [-0.39, 0.29) is 24.6 Å². The van der Waals surface area contributed by atoms with E-state index in [1.165, 1.54) is 5.56 Å². The van der Waals surface area contributed by atoms with E-state index in [0.717, 1.165) is 25.0 Å². The maximum atomic E-state index is 11.8. The number of carbonyl (C=O) groups excluding carboxylic acids is 1. The average molecular weight is 304 g/mol. The Bertz CT molecular complexity index is 516. The van der Waals surface area contributed by atoms with Crippen LogP contribution in [0.25, 0.3) is 0 Å². The number of hydrogen-bond acceptors (Lipinski definition) is 3. The Balaban J connectivity index is 1.62. The van der Waals surface area contributed by atoms with Crippen LogP contribution in [0.5, 0.6) is 5.75 Å². The summed E-state index contributed by atoms with van der Waals surface area (Å²) in [4.78, 5) is 11.8. The number of hydrogen-bond donors (Lipinski definition) is 3. The van der Waals surface area contributed by atoms with E-state index in [0.29, 0.717) is 6.54 Å². The smallest absolute Gasteiger partial charge is 0.315 e. The fourth-order valence-electron chi connectivity index (χ4n) is 2.56. The normalized spacial score (nSPS) is 19.9. The molecule has 1 aromatic carbocycles. The first-order valence-electron chi connectivity index (χ1n) is 7.67. The van der Waals surface area contributed by atoms with Crippen LogP contribution in [0.4, 0.5) is 4.79 Å². The molecule has 2 atom stereocenters. The van der Waals surface area contributed by atoms with E-state index >= 15 is 0 Å². The number of aliphatic hydroxyl groups excluding tert-OH is 1. The lowest BCUT2D eigenvalue weighted by molar-refractivity contribution is 0.231. The van der Waals surface area contributed by atoms with Gasteiger partial charge in [-0.1, -0.05) is 24.3 Å². The van der Waals surface area contributed by atoms with Crippen molar-refractivity contribution in [2.24, 2.45) is 5.92 Å². The predicted octanol–water partition coefficient (Wildman–Crippen LogP) is 1.86. The molecule has 22 heavy (non-hydrogen) atoms. The van der Waals surface area contributed by atoms with Crippen molar-refractivity contribution in [1.82, 2.24) is 10.6 Å². The number of nitrogens with one attached hydrogen (secondary N) is 2. The number of aryl methyl sites for hydroxylation is 1. The summed E-state index contributed by atoms with van der Waals surface area (Å²) in [6, 6.07) is 7.83. The Morgan fingerprint density at radius 2 is 2.27 bits per heavy atom. The average Bonchev–Trinajstić information content (AvgIpc) is 2.99. The summed E-state index contributed by atoms with van der Waals surface area (Å²) >= 11 is 0. The van der Waals surface area contributed by atoms with E-state index in [9.17, 15) is 4.79 Å². The quantitative estimate of drug-likeness (QED) is 0.532. The third-order valence-electron chi connectivity index (χ3n) is 3.79. The van der Waals surface area contributed by atoms with Crippen LogP contribution in [0.3, 0.4) is 0 Å². The predicted molar refractivity (Wildman–Crippen MR) is 86.0 cm³/mol. The second-order valence-corrected chi connectivity index (χ2v) is 5.53. The molecule has 0 saturated heterocycles. The van der Waals surface area contributed by atoms with E-state index in [1.54, 1.807) is 7.11 Å². The Morgan fingerprint density at radius 3 is 3.00 bits per heavy atom. The Hall–Kier alpha value is -2.01. The molecular weight excluding hydrogens is 280 g/mol. The molecule has 2 rings (SSSR count). The third-order valence-corrected chi connectivity index (χ3v) is 3.79. The van der Waals surface area contributed by atoms with Crippen LogP contribution >= 0.6 is 0 Å². The zero-order valence-electron chi connectivity index (χ0n) is 12.9. The van der Waals surface area contributed by atoms with Gasteiger partial charge in [-0.25, -0.2) is 4.79 Å². The molecule has 120 valence electrons. The molecule has 0 unspecified atom stereocenters. The Labute approximate surface area is 131 Å². The second kappa shape index (κ2) is 8.44. The Morgan fingerprint density at radius 1 is 1.41 bits per heavy atom. The van der Waals surface area contributed by atoms with Gasteiger partial charge in [-0.15, -0.1) is 0 Å². The number of carbonyl (C=O) groups is 1. The second-order valence-electron chi connectivity index (χ2n) is 5.53. The van der Waals surface area contributed by atoms with Crippen molar-refractivity contribution in [1.29, 1.82) is 0 Å². The van der Waals surface area contributed by atoms with Crippen LogP contribution in [-0.4, -0.2) is 37.4 Å². The molecule has 0 heterocycles. The number of aliphatic hydroxyl groups is 1. The summed E-state index contributed by atoms with van der Waals surface area (Å²) in [5, 5.41) is 14.8. The van der Waals surface area contributed by atoms with Crippen molar-refractivity contribution in [3.8, 4) is 5.75 Å². The highest BCUT2D eigenvalue weighted by Crippen LogP contribution is 2.16. The molecule has 5 heteroatoms. The number of methoxy groups -OCH3 is 1. The lowest BCUT2D eigenvalue weighted by Crippen LogP contribution is -2.41. The highest BCUT2D eigenvalue weighted by molar-refractivity contribution is 5.74. The summed E-state index contributed by atoms with van der Waals surface area (Å²) < 4.78 is 5.19. The first-order valence-corrected chi connectivity index (χ1v) is 7.67. The van der Waals surface area contributed by atoms with Gasteiger partial charge in [-0.3, -0.25) is 0 Å². The van der Waals surface area contributed by atoms with Gasteiger partial charge in [-0.05, 0) is 37.0 Å². The molecule has 0 spiro atoms. The van der Waals surface area contributed by atoms with Crippen molar-refractivity contribution < 1.29 is 14.6 Å². The molecular formula is C17H24N2O3. The Kier molecular flexibility index (Phi) is 6.27. The molecule has 0 radical (unpaired) electrons. The SMILES string of the molecule is COc1cccc(CCCNC(=O)N[C@@H]2C=C[C@H](CO)C2)c1. The number of ether oxygens (including phenoxy) is 1. The van der Waals surface area contributed by atoms with E-state index in [2.05, 4.69) is 16.7 Å². The summed E-state index contributed by atoms with van der Waals surface area (Å²) in [6.45, 7) is 0.764. The van der Waals surface area contributed by atoms with Gasteiger partial charge in [0.2, 0.25) is 0 Å². The largest absolute Gasteiger partial charge is 0.497 e. The third kappa shape index (κ3) is 5.07. The van der Waals surface area contributed by atoms with Crippen LogP contribution in [0.1, 0.15) is 18.4 Å². The maximum absolute atomic E-state index is 11.8. The van der Waals surface area contributed by atoms with Crippen molar-refractivity contribution >= 4 is 6.03 Å². The molecule has 5 nitrogen and oxygen atoms in total. The van der Waals surface area contributed by atoms with E-state index < -0.39 is 0 Å². The summed E-state index contributed by atoms with van der Waals surface area (Å²) in [7, 11) is 1.66. The van der Waals surface area contributed by atoms with Crippen LogP contribution in [-0.2, 0) is 6.42 Å². The molecule has 0 bridgehead atoms. The minimum Gasteiger partial charge on any atom is -0.497 e. The van der Waals surface area contributed by atoms with Crippen molar-refractivity contribution in [3.63, 3.8) is 0 Å². The molecule has 1 aliphatic rings. The highest BCUT2D eigenvalue weighted by Gasteiger charge is 2.19. The molecule has 0 aromatic heterocycles. The van der Waals surface area contributed by atoms with Gasteiger partial charge in [0.05, 0.1) is 7.11 Å². The first-order chi connectivity index (χ1) is 10.7. The van der Waals surface area contributed by atoms with E-state index in [4.69, 9.17) is 9.84 Å². The minimum atomic E-state index is -0.154. The fraction of sp³-hybridized carbons (Fsp3) is 0.471. The molecule has 2 amide bonds. The lowest BCUT2D eigenvalue weighted by Gasteiger charge is -2.13. The van der Waals surface area contributed by atoms with Crippen molar-refractivity contribution in [2.75, 3.05) is 20.3 Å². The molecule has 0 saturated carbocycles. The van der Waals surface area contributed by atoms with Crippen molar-refractivity contribution in [2.45, 2.75) is 25.3 Å². The van der Waals surface area contributed by atoms with Gasteiger partial charge in [0.15, 0.2) is 0 Å². The van der Waals surface area contributed by atoms with Gasteiger partial charge in [-0.2, -0.15) is 0 Å². The molecule has 3 N–H and O–H groups in total. The van der Waals surface area contributed by atoms with Crippen LogP contribution in [0, 0.1) is 5.92 Å². The van der Waals surface area contributed by atoms with Crippen LogP contribution in [0.15, 0.2) is 36.4 Å². The zero-order valence-corrected chi connectivity index (χ0v) is 12.9. The molecule has 1 aliphatic carbocycles. The number of benzene rings is 1.